The quantitative estimate of drug-likeness (QED) is 0.692. The monoisotopic (exact) mass is 230 g/mol. The van der Waals surface area contributed by atoms with Gasteiger partial charge in [0.25, 0.3) is 0 Å². The molecule has 1 N–H and O–H groups in total. The molecule has 1 saturated heterocycles. The van der Waals surface area contributed by atoms with E-state index < -0.39 is 0 Å². The van der Waals surface area contributed by atoms with Crippen LogP contribution in [0.2, 0.25) is 0 Å². The molecule has 0 aromatic rings. The number of carbonyl (C=O) groups is 2. The van der Waals surface area contributed by atoms with Crippen LogP contribution in [0.1, 0.15) is 33.6 Å². The Hall–Kier alpha value is -1.26. The Bertz CT molecular complexity index is 218. The van der Waals surface area contributed by atoms with E-state index in [0.29, 0.717) is 6.41 Å². The van der Waals surface area contributed by atoms with Gasteiger partial charge in [-0.2, -0.15) is 0 Å². The molecule has 0 aromatic carbocycles. The van der Waals surface area contributed by atoms with Crippen molar-refractivity contribution in [2.45, 2.75) is 39.2 Å². The molecule has 1 heterocycles. The maximum absolute atomic E-state index is 11.4. The number of nitrogens with one attached hydrogen (secondary N) is 1. The van der Waals surface area contributed by atoms with Gasteiger partial charge in [-0.1, -0.05) is 0 Å². The highest BCUT2D eigenvalue weighted by molar-refractivity contribution is 5.68. The maximum Gasteiger partial charge on any atom is 0.410 e. The third-order valence-corrected chi connectivity index (χ3v) is 1.88. The Kier molecular flexibility index (Phi) is 6.53. The molecule has 94 valence electrons. The van der Waals surface area contributed by atoms with E-state index in [1.165, 1.54) is 0 Å². The first-order valence-corrected chi connectivity index (χ1v) is 5.49. The number of nitrogens with zero attached hydrogens (tertiary/aromatic N) is 1. The second-order valence-electron chi connectivity index (χ2n) is 4.58. The average molecular weight is 230 g/mol. The second-order valence-corrected chi connectivity index (χ2v) is 4.58. The molecule has 5 heteroatoms. The fraction of sp³-hybridized carbons (Fsp3) is 0.818. The Morgan fingerprint density at radius 3 is 2.06 bits per heavy atom. The van der Waals surface area contributed by atoms with Gasteiger partial charge in [0.1, 0.15) is 5.60 Å². The van der Waals surface area contributed by atoms with Gasteiger partial charge < -0.3 is 15.0 Å². The topological polar surface area (TPSA) is 58.6 Å². The summed E-state index contributed by atoms with van der Waals surface area (Å²) in [6, 6.07) is 0. The van der Waals surface area contributed by atoms with Crippen LogP contribution in [-0.4, -0.2) is 43.1 Å². The van der Waals surface area contributed by atoms with Gasteiger partial charge in [-0.25, -0.2) is 4.79 Å². The molecule has 1 rings (SSSR count). The van der Waals surface area contributed by atoms with E-state index in [4.69, 9.17) is 9.53 Å². The summed E-state index contributed by atoms with van der Waals surface area (Å²) in [6.07, 6.45) is 2.68. The van der Waals surface area contributed by atoms with E-state index in [-0.39, 0.29) is 11.7 Å². The number of ether oxygens (including phenoxy) is 1. The molecule has 0 unspecified atom stereocenters. The van der Waals surface area contributed by atoms with Crippen LogP contribution in [0.5, 0.6) is 0 Å². The predicted octanol–water partition coefficient (Wildman–Crippen LogP) is 1.38. The van der Waals surface area contributed by atoms with Gasteiger partial charge in [0.15, 0.2) is 0 Å². The van der Waals surface area contributed by atoms with Crippen LogP contribution in [0.4, 0.5) is 4.79 Å². The molecule has 2 amide bonds. The van der Waals surface area contributed by atoms with Gasteiger partial charge in [-0.15, -0.1) is 0 Å². The van der Waals surface area contributed by atoms with Gasteiger partial charge in [0.05, 0.1) is 0 Å². The molecule has 0 radical (unpaired) electrons. The lowest BCUT2D eigenvalue weighted by Crippen LogP contribution is -2.34. The van der Waals surface area contributed by atoms with Crippen LogP contribution in [0.3, 0.4) is 0 Å². The molecule has 1 aliphatic rings. The summed E-state index contributed by atoms with van der Waals surface area (Å²) >= 11 is 0. The molecular weight excluding hydrogens is 208 g/mol. The smallest absolute Gasteiger partial charge is 0.410 e. The lowest BCUT2D eigenvalue weighted by atomic mass is 10.2. The van der Waals surface area contributed by atoms with Gasteiger partial charge in [0.2, 0.25) is 6.41 Å². The maximum atomic E-state index is 11.4. The fourth-order valence-corrected chi connectivity index (χ4v) is 1.23. The normalized spacial score (nSPS) is 14.9. The minimum Gasteiger partial charge on any atom is -0.444 e. The largest absolute Gasteiger partial charge is 0.444 e. The molecule has 1 fully saturated rings. The van der Waals surface area contributed by atoms with Crippen molar-refractivity contribution in [1.29, 1.82) is 0 Å². The minimum absolute atomic E-state index is 0.167. The molecule has 1 aliphatic heterocycles. The van der Waals surface area contributed by atoms with Crippen molar-refractivity contribution < 1.29 is 14.3 Å². The molecule has 0 saturated carbocycles. The van der Waals surface area contributed by atoms with Crippen LogP contribution in [0.15, 0.2) is 0 Å². The number of hydrogen-bond acceptors (Lipinski definition) is 3. The van der Waals surface area contributed by atoms with E-state index in [9.17, 15) is 4.79 Å². The zero-order valence-electron chi connectivity index (χ0n) is 10.6. The molecule has 0 bridgehead atoms. The summed E-state index contributed by atoms with van der Waals surface area (Å²) < 4.78 is 5.21. The van der Waals surface area contributed by atoms with Crippen LogP contribution in [-0.2, 0) is 9.53 Å². The van der Waals surface area contributed by atoms with Gasteiger partial charge >= 0.3 is 6.09 Å². The van der Waals surface area contributed by atoms with Crippen LogP contribution in [0, 0.1) is 0 Å². The first kappa shape index (κ1) is 14.7. The third-order valence-electron chi connectivity index (χ3n) is 1.88. The summed E-state index contributed by atoms with van der Waals surface area (Å²) in [5.74, 6) is 0. The number of hydrogen-bond donors (Lipinski definition) is 1. The number of amides is 2. The average Bonchev–Trinajstić information content (AvgIpc) is 2.68. The standard InChI is InChI=1S/C9H17NO2.C2H5NO/c1-9(2,3)12-8(11)10-6-4-5-7-10;1-3-2-4/h4-7H2,1-3H3;2H,1H3,(H,3,4). The minimum atomic E-state index is -0.361. The molecule has 0 aliphatic carbocycles. The highest BCUT2D eigenvalue weighted by Gasteiger charge is 2.23. The summed E-state index contributed by atoms with van der Waals surface area (Å²) in [7, 11) is 1.56. The summed E-state index contributed by atoms with van der Waals surface area (Å²) in [5, 5.41) is 2.25. The Morgan fingerprint density at radius 1 is 1.31 bits per heavy atom. The van der Waals surface area contributed by atoms with Crippen molar-refractivity contribution in [3.05, 3.63) is 0 Å². The number of rotatable bonds is 1. The SMILES string of the molecule is CC(C)(C)OC(=O)N1CCCC1.CNC=O. The number of carbonyl (C=O) groups excluding carboxylic acids is 2. The Balaban J connectivity index is 0.000000487. The van der Waals surface area contributed by atoms with E-state index >= 15 is 0 Å². The highest BCUT2D eigenvalue weighted by atomic mass is 16.6. The lowest BCUT2D eigenvalue weighted by Gasteiger charge is -2.23. The zero-order chi connectivity index (χ0) is 12.6. The molecule has 0 aromatic heterocycles. The fourth-order valence-electron chi connectivity index (χ4n) is 1.23. The van der Waals surface area contributed by atoms with Crippen molar-refractivity contribution in [3.63, 3.8) is 0 Å². The van der Waals surface area contributed by atoms with Crippen molar-refractivity contribution in [3.8, 4) is 0 Å². The Morgan fingerprint density at radius 2 is 1.75 bits per heavy atom. The molecular formula is C11H22N2O3. The predicted molar refractivity (Wildman–Crippen MR) is 62.2 cm³/mol. The number of likely N-dealkylation sites (tertiary alicyclic amines) is 1. The zero-order valence-corrected chi connectivity index (χ0v) is 10.6. The molecule has 16 heavy (non-hydrogen) atoms. The van der Waals surface area contributed by atoms with Crippen LogP contribution < -0.4 is 5.32 Å². The van der Waals surface area contributed by atoms with E-state index in [1.54, 1.807) is 11.9 Å². The van der Waals surface area contributed by atoms with Gasteiger partial charge in [-0.05, 0) is 33.6 Å². The lowest BCUT2D eigenvalue weighted by molar-refractivity contribution is -0.109. The third kappa shape index (κ3) is 7.09. The second kappa shape index (κ2) is 7.09. The van der Waals surface area contributed by atoms with Crippen LogP contribution in [0.25, 0.3) is 0 Å². The first-order valence-electron chi connectivity index (χ1n) is 5.49. The van der Waals surface area contributed by atoms with E-state index in [0.717, 1.165) is 25.9 Å². The molecule has 0 spiro atoms. The van der Waals surface area contributed by atoms with E-state index in [1.807, 2.05) is 20.8 Å². The summed E-state index contributed by atoms with van der Waals surface area (Å²) in [4.78, 5) is 22.2. The summed E-state index contributed by atoms with van der Waals surface area (Å²) in [5.41, 5.74) is -0.361. The van der Waals surface area contributed by atoms with Crippen molar-refractivity contribution in [1.82, 2.24) is 10.2 Å². The van der Waals surface area contributed by atoms with Gasteiger partial charge in [-0.3, -0.25) is 4.79 Å². The van der Waals surface area contributed by atoms with Crippen molar-refractivity contribution in [2.75, 3.05) is 20.1 Å². The van der Waals surface area contributed by atoms with Gasteiger partial charge in [0, 0.05) is 20.1 Å². The van der Waals surface area contributed by atoms with Crippen molar-refractivity contribution in [2.24, 2.45) is 0 Å². The first-order chi connectivity index (χ1) is 7.40. The summed E-state index contributed by atoms with van der Waals surface area (Å²) in [6.45, 7) is 7.38. The molecule has 0 atom stereocenters. The Labute approximate surface area is 97.1 Å². The van der Waals surface area contributed by atoms with Crippen LogP contribution >= 0.6 is 0 Å². The van der Waals surface area contributed by atoms with E-state index in [2.05, 4.69) is 5.32 Å². The molecule has 5 nitrogen and oxygen atoms in total. The highest BCUT2D eigenvalue weighted by Crippen LogP contribution is 2.14. The van der Waals surface area contributed by atoms with Crippen molar-refractivity contribution >= 4 is 12.5 Å².